The molecular formula is C15H13NO. The number of Topliss-reactive ketones (excluding diaryl/α,β-unsaturated/α-hetero) is 1. The summed E-state index contributed by atoms with van der Waals surface area (Å²) in [6.07, 6.45) is 0.529. The Labute approximate surface area is 100 Å². The molecular weight excluding hydrogens is 210 g/mol. The Morgan fingerprint density at radius 3 is 2.47 bits per heavy atom. The molecule has 0 spiro atoms. The van der Waals surface area contributed by atoms with Crippen LogP contribution in [0.4, 0.5) is 5.69 Å². The summed E-state index contributed by atoms with van der Waals surface area (Å²) in [4.78, 5) is 12.0. The Kier molecular flexibility index (Phi) is 2.41. The highest BCUT2D eigenvalue weighted by molar-refractivity contribution is 6.03. The number of carbonyl (C=O) groups excluding carboxylic acids is 1. The molecule has 1 heterocycles. The highest BCUT2D eigenvalue weighted by Crippen LogP contribution is 2.31. The maximum Gasteiger partial charge on any atom is 0.167 e. The lowest BCUT2D eigenvalue weighted by atomic mass is 9.92. The van der Waals surface area contributed by atoms with Gasteiger partial charge in [-0.15, -0.1) is 0 Å². The molecule has 2 nitrogen and oxygen atoms in total. The van der Waals surface area contributed by atoms with Crippen LogP contribution in [0, 0.1) is 0 Å². The van der Waals surface area contributed by atoms with Gasteiger partial charge in [0.25, 0.3) is 0 Å². The van der Waals surface area contributed by atoms with E-state index in [0.29, 0.717) is 6.42 Å². The largest absolute Gasteiger partial charge is 0.377 e. The highest BCUT2D eigenvalue weighted by atomic mass is 16.1. The molecule has 0 amide bonds. The van der Waals surface area contributed by atoms with Crippen LogP contribution in [0.2, 0.25) is 0 Å². The van der Waals surface area contributed by atoms with Crippen LogP contribution in [0.1, 0.15) is 28.4 Å². The number of benzene rings is 2. The van der Waals surface area contributed by atoms with Gasteiger partial charge in [0.2, 0.25) is 0 Å². The Morgan fingerprint density at radius 2 is 1.65 bits per heavy atom. The summed E-state index contributed by atoms with van der Waals surface area (Å²) in [6, 6.07) is 17.9. The van der Waals surface area contributed by atoms with Gasteiger partial charge in [-0.05, 0) is 17.7 Å². The molecule has 2 heteroatoms. The van der Waals surface area contributed by atoms with Gasteiger partial charge >= 0.3 is 0 Å². The van der Waals surface area contributed by atoms with E-state index in [9.17, 15) is 4.79 Å². The van der Waals surface area contributed by atoms with Crippen LogP contribution in [0.25, 0.3) is 0 Å². The second-order valence-electron chi connectivity index (χ2n) is 4.28. The van der Waals surface area contributed by atoms with Crippen molar-refractivity contribution in [2.24, 2.45) is 0 Å². The molecule has 1 N–H and O–H groups in total. The zero-order valence-corrected chi connectivity index (χ0v) is 9.39. The van der Waals surface area contributed by atoms with Gasteiger partial charge in [-0.2, -0.15) is 0 Å². The molecule has 0 aromatic heterocycles. The number of rotatable bonds is 1. The molecule has 2 aromatic rings. The molecule has 3 rings (SSSR count). The van der Waals surface area contributed by atoms with E-state index in [1.807, 2.05) is 42.5 Å². The predicted octanol–water partition coefficient (Wildman–Crippen LogP) is 3.43. The van der Waals surface area contributed by atoms with Gasteiger partial charge in [-0.25, -0.2) is 0 Å². The second-order valence-corrected chi connectivity index (χ2v) is 4.28. The standard InChI is InChI=1S/C15H13NO/c17-15-10-14(11-6-2-1-3-7-11)16-13-9-5-4-8-12(13)15/h1-9,14,16H,10H2/t14-/m1/s1. The average molecular weight is 223 g/mol. The number of fused-ring (bicyclic) bond motifs is 1. The number of para-hydroxylation sites is 1. The van der Waals surface area contributed by atoms with Gasteiger partial charge in [0, 0.05) is 17.7 Å². The molecule has 0 saturated carbocycles. The maximum atomic E-state index is 12.0. The molecule has 0 fully saturated rings. The second kappa shape index (κ2) is 4.06. The van der Waals surface area contributed by atoms with Crippen molar-refractivity contribution in [3.63, 3.8) is 0 Å². The summed E-state index contributed by atoms with van der Waals surface area (Å²) in [5.41, 5.74) is 2.91. The number of nitrogens with one attached hydrogen (secondary N) is 1. The lowest BCUT2D eigenvalue weighted by Crippen LogP contribution is -2.22. The number of hydrogen-bond donors (Lipinski definition) is 1. The third-order valence-electron chi connectivity index (χ3n) is 3.15. The van der Waals surface area contributed by atoms with Gasteiger partial charge in [0.1, 0.15) is 0 Å². The fourth-order valence-electron chi connectivity index (χ4n) is 2.27. The molecule has 2 aromatic carbocycles. The van der Waals surface area contributed by atoms with Crippen molar-refractivity contribution in [2.45, 2.75) is 12.5 Å². The van der Waals surface area contributed by atoms with Crippen LogP contribution in [-0.4, -0.2) is 5.78 Å². The van der Waals surface area contributed by atoms with Crippen LogP contribution in [0.15, 0.2) is 54.6 Å². The number of carbonyl (C=O) groups is 1. The van der Waals surface area contributed by atoms with Crippen molar-refractivity contribution >= 4 is 11.5 Å². The van der Waals surface area contributed by atoms with E-state index in [2.05, 4.69) is 17.4 Å². The number of anilines is 1. The molecule has 17 heavy (non-hydrogen) atoms. The molecule has 0 radical (unpaired) electrons. The third-order valence-corrected chi connectivity index (χ3v) is 3.15. The molecule has 0 bridgehead atoms. The van der Waals surface area contributed by atoms with E-state index in [1.54, 1.807) is 0 Å². The van der Waals surface area contributed by atoms with Crippen molar-refractivity contribution in [1.29, 1.82) is 0 Å². The summed E-state index contributed by atoms with van der Waals surface area (Å²) < 4.78 is 0. The van der Waals surface area contributed by atoms with Gasteiger partial charge in [0.15, 0.2) is 5.78 Å². The predicted molar refractivity (Wildman–Crippen MR) is 68.2 cm³/mol. The van der Waals surface area contributed by atoms with Crippen molar-refractivity contribution in [3.05, 3.63) is 65.7 Å². The van der Waals surface area contributed by atoms with E-state index >= 15 is 0 Å². The first-order valence-corrected chi connectivity index (χ1v) is 5.78. The molecule has 0 aliphatic carbocycles. The fourth-order valence-corrected chi connectivity index (χ4v) is 2.27. The number of hydrogen-bond acceptors (Lipinski definition) is 2. The SMILES string of the molecule is O=C1C[C@H](c2ccccc2)Nc2ccccc21. The highest BCUT2D eigenvalue weighted by Gasteiger charge is 2.24. The van der Waals surface area contributed by atoms with Gasteiger partial charge in [-0.3, -0.25) is 4.79 Å². The van der Waals surface area contributed by atoms with E-state index in [-0.39, 0.29) is 11.8 Å². The molecule has 0 saturated heterocycles. The Bertz CT molecular complexity index is 548. The summed E-state index contributed by atoms with van der Waals surface area (Å²) in [6.45, 7) is 0. The van der Waals surface area contributed by atoms with E-state index in [1.165, 1.54) is 0 Å². The van der Waals surface area contributed by atoms with E-state index in [0.717, 1.165) is 16.8 Å². The first-order valence-electron chi connectivity index (χ1n) is 5.78. The monoisotopic (exact) mass is 223 g/mol. The average Bonchev–Trinajstić information content (AvgIpc) is 2.40. The van der Waals surface area contributed by atoms with Gasteiger partial charge < -0.3 is 5.32 Å². The van der Waals surface area contributed by atoms with Gasteiger partial charge in [0.05, 0.1) is 6.04 Å². The lowest BCUT2D eigenvalue weighted by Gasteiger charge is -2.26. The van der Waals surface area contributed by atoms with Crippen molar-refractivity contribution in [3.8, 4) is 0 Å². The Balaban J connectivity index is 1.97. The first kappa shape index (κ1) is 10.1. The Morgan fingerprint density at radius 1 is 0.941 bits per heavy atom. The topological polar surface area (TPSA) is 29.1 Å². The molecule has 1 aliphatic rings. The maximum absolute atomic E-state index is 12.0. The zero-order chi connectivity index (χ0) is 11.7. The summed E-state index contributed by atoms with van der Waals surface area (Å²) in [5.74, 6) is 0.216. The summed E-state index contributed by atoms with van der Waals surface area (Å²) in [7, 11) is 0. The number of ketones is 1. The van der Waals surface area contributed by atoms with Crippen LogP contribution >= 0.6 is 0 Å². The Hall–Kier alpha value is -2.09. The van der Waals surface area contributed by atoms with Crippen molar-refractivity contribution < 1.29 is 4.79 Å². The minimum absolute atomic E-state index is 0.0959. The van der Waals surface area contributed by atoms with Crippen LogP contribution in [-0.2, 0) is 0 Å². The van der Waals surface area contributed by atoms with Crippen LogP contribution < -0.4 is 5.32 Å². The normalized spacial score (nSPS) is 18.4. The first-order chi connectivity index (χ1) is 8.34. The summed E-state index contributed by atoms with van der Waals surface area (Å²) in [5, 5.41) is 3.42. The zero-order valence-electron chi connectivity index (χ0n) is 9.39. The molecule has 0 unspecified atom stereocenters. The smallest absolute Gasteiger partial charge is 0.167 e. The molecule has 84 valence electrons. The minimum Gasteiger partial charge on any atom is -0.377 e. The van der Waals surface area contributed by atoms with Gasteiger partial charge in [-0.1, -0.05) is 42.5 Å². The van der Waals surface area contributed by atoms with E-state index < -0.39 is 0 Å². The van der Waals surface area contributed by atoms with Crippen molar-refractivity contribution in [1.82, 2.24) is 0 Å². The fraction of sp³-hybridized carbons (Fsp3) is 0.133. The quantitative estimate of drug-likeness (QED) is 0.802. The lowest BCUT2D eigenvalue weighted by molar-refractivity contribution is 0.0972. The van der Waals surface area contributed by atoms with E-state index in [4.69, 9.17) is 0 Å². The summed E-state index contributed by atoms with van der Waals surface area (Å²) >= 11 is 0. The third kappa shape index (κ3) is 1.82. The molecule has 1 aliphatic heterocycles. The van der Waals surface area contributed by atoms with Crippen LogP contribution in [0.5, 0.6) is 0 Å². The van der Waals surface area contributed by atoms with Crippen LogP contribution in [0.3, 0.4) is 0 Å². The molecule has 1 atom stereocenters. The minimum atomic E-state index is 0.0959. The van der Waals surface area contributed by atoms with Crippen molar-refractivity contribution in [2.75, 3.05) is 5.32 Å².